The molecule has 0 aromatic heterocycles. The lowest BCUT2D eigenvalue weighted by Crippen LogP contribution is -2.26. The molecule has 3 rings (SSSR count). The monoisotopic (exact) mass is 445 g/mol. The highest BCUT2D eigenvalue weighted by Gasteiger charge is 2.41. The van der Waals surface area contributed by atoms with Crippen LogP contribution in [0.5, 0.6) is 0 Å². The Bertz CT molecular complexity index is 1020. The Hall–Kier alpha value is -3.39. The SMILES string of the molecule is C=CCOCCOC(=O)c1ccc2c(c1)CCN2/C=C(\C(=O)C(F)(F)F)c1ccccc1. The molecule has 0 saturated heterocycles. The van der Waals surface area contributed by atoms with Crippen molar-refractivity contribution >= 4 is 23.0 Å². The number of carbonyl (C=O) groups excluding carboxylic acids is 2. The summed E-state index contributed by atoms with van der Waals surface area (Å²) in [6.45, 7) is 4.61. The highest BCUT2D eigenvalue weighted by molar-refractivity contribution is 6.23. The van der Waals surface area contributed by atoms with Crippen molar-refractivity contribution in [2.45, 2.75) is 12.6 Å². The maximum atomic E-state index is 13.2. The minimum atomic E-state index is -4.99. The molecule has 0 unspecified atom stereocenters. The minimum Gasteiger partial charge on any atom is -0.460 e. The number of alkyl halides is 3. The summed E-state index contributed by atoms with van der Waals surface area (Å²) < 4.78 is 49.9. The largest absolute Gasteiger partial charge is 0.460 e. The molecule has 1 heterocycles. The van der Waals surface area contributed by atoms with Gasteiger partial charge in [0.05, 0.1) is 24.4 Å². The molecule has 1 aliphatic rings. The molecule has 0 radical (unpaired) electrons. The molecule has 5 nitrogen and oxygen atoms in total. The lowest BCUT2D eigenvalue weighted by molar-refractivity contribution is -0.164. The standard InChI is InChI=1S/C24H22F3NO4/c1-2-12-31-13-14-32-23(30)19-8-9-21-18(15-19)10-11-28(21)16-20(22(29)24(25,26)27)17-6-4-3-5-7-17/h2-9,15-16H,1,10-14H2/b20-16-. The predicted molar refractivity (Wildman–Crippen MR) is 114 cm³/mol. The fraction of sp³-hybridized carbons (Fsp3) is 0.250. The Morgan fingerprint density at radius 3 is 2.50 bits per heavy atom. The molecular weight excluding hydrogens is 423 g/mol. The van der Waals surface area contributed by atoms with Crippen molar-refractivity contribution in [2.24, 2.45) is 0 Å². The average Bonchev–Trinajstić information content (AvgIpc) is 3.18. The van der Waals surface area contributed by atoms with Gasteiger partial charge in [0.15, 0.2) is 0 Å². The molecule has 8 heteroatoms. The summed E-state index contributed by atoms with van der Waals surface area (Å²) >= 11 is 0. The van der Waals surface area contributed by atoms with Crippen LogP contribution in [-0.2, 0) is 20.7 Å². The zero-order valence-corrected chi connectivity index (χ0v) is 17.2. The van der Waals surface area contributed by atoms with E-state index in [1.165, 1.54) is 18.3 Å². The first-order valence-electron chi connectivity index (χ1n) is 9.95. The average molecular weight is 445 g/mol. The van der Waals surface area contributed by atoms with Crippen molar-refractivity contribution in [3.63, 3.8) is 0 Å². The summed E-state index contributed by atoms with van der Waals surface area (Å²) in [7, 11) is 0. The van der Waals surface area contributed by atoms with E-state index in [0.717, 1.165) is 5.56 Å². The second kappa shape index (κ2) is 10.3. The second-order valence-corrected chi connectivity index (χ2v) is 7.02. The van der Waals surface area contributed by atoms with Crippen LogP contribution in [0.2, 0.25) is 0 Å². The number of benzene rings is 2. The first-order valence-corrected chi connectivity index (χ1v) is 9.95. The van der Waals surface area contributed by atoms with Gasteiger partial charge in [0.25, 0.3) is 5.78 Å². The topological polar surface area (TPSA) is 55.8 Å². The summed E-state index contributed by atoms with van der Waals surface area (Å²) in [5, 5.41) is 0. The van der Waals surface area contributed by atoms with Crippen molar-refractivity contribution in [1.82, 2.24) is 0 Å². The third-order valence-electron chi connectivity index (χ3n) is 4.82. The zero-order valence-electron chi connectivity index (χ0n) is 17.2. The molecule has 0 saturated carbocycles. The van der Waals surface area contributed by atoms with Crippen LogP contribution in [0, 0.1) is 0 Å². The van der Waals surface area contributed by atoms with E-state index in [-0.39, 0.29) is 18.8 Å². The summed E-state index contributed by atoms with van der Waals surface area (Å²) in [6, 6.07) is 12.6. The molecule has 2 aromatic carbocycles. The number of nitrogens with zero attached hydrogens (tertiary/aromatic N) is 1. The highest BCUT2D eigenvalue weighted by Crippen LogP contribution is 2.33. The van der Waals surface area contributed by atoms with Gasteiger partial charge in [0.2, 0.25) is 0 Å². The van der Waals surface area contributed by atoms with E-state index in [0.29, 0.717) is 30.8 Å². The van der Waals surface area contributed by atoms with E-state index < -0.39 is 23.5 Å². The van der Waals surface area contributed by atoms with E-state index in [1.807, 2.05) is 0 Å². The van der Waals surface area contributed by atoms with Crippen LogP contribution in [0.4, 0.5) is 18.9 Å². The molecule has 0 amide bonds. The van der Waals surface area contributed by atoms with E-state index >= 15 is 0 Å². The number of hydrogen-bond acceptors (Lipinski definition) is 5. The van der Waals surface area contributed by atoms with E-state index in [9.17, 15) is 22.8 Å². The molecule has 0 N–H and O–H groups in total. The fourth-order valence-electron chi connectivity index (χ4n) is 3.32. The number of fused-ring (bicyclic) bond motifs is 1. The molecule has 32 heavy (non-hydrogen) atoms. The van der Waals surface area contributed by atoms with Gasteiger partial charge in [-0.25, -0.2) is 4.79 Å². The van der Waals surface area contributed by atoms with E-state index in [4.69, 9.17) is 9.47 Å². The zero-order chi connectivity index (χ0) is 23.1. The third kappa shape index (κ3) is 5.64. The smallest absolute Gasteiger partial charge is 0.454 e. The Labute approximate surface area is 183 Å². The summed E-state index contributed by atoms with van der Waals surface area (Å²) in [5.41, 5.74) is 1.51. The maximum Gasteiger partial charge on any atom is 0.454 e. The normalized spacial score (nSPS) is 13.6. The second-order valence-electron chi connectivity index (χ2n) is 7.02. The van der Waals surface area contributed by atoms with E-state index in [1.54, 1.807) is 47.4 Å². The number of anilines is 1. The van der Waals surface area contributed by atoms with Gasteiger partial charge in [-0.3, -0.25) is 4.79 Å². The van der Waals surface area contributed by atoms with Gasteiger partial charge in [0, 0.05) is 18.4 Å². The molecule has 0 aliphatic carbocycles. The number of ketones is 1. The number of ether oxygens (including phenoxy) is 2. The van der Waals surface area contributed by atoms with Crippen LogP contribution in [0.3, 0.4) is 0 Å². The molecule has 0 bridgehead atoms. The van der Waals surface area contributed by atoms with Crippen LogP contribution < -0.4 is 4.90 Å². The summed E-state index contributed by atoms with van der Waals surface area (Å²) in [5.74, 6) is -2.42. The van der Waals surface area contributed by atoms with Gasteiger partial charge in [-0.15, -0.1) is 6.58 Å². The molecule has 0 fully saturated rings. The first-order chi connectivity index (χ1) is 15.3. The van der Waals surface area contributed by atoms with Crippen LogP contribution >= 0.6 is 0 Å². The molecule has 168 valence electrons. The minimum absolute atomic E-state index is 0.0958. The number of hydrogen-bond donors (Lipinski definition) is 0. The first kappa shape index (κ1) is 23.3. The summed E-state index contributed by atoms with van der Waals surface area (Å²) in [4.78, 5) is 25.9. The number of carbonyl (C=O) groups is 2. The van der Waals surface area contributed by atoms with Gasteiger partial charge in [-0.2, -0.15) is 13.2 Å². The Morgan fingerprint density at radius 1 is 1.06 bits per heavy atom. The number of rotatable bonds is 9. The van der Waals surface area contributed by atoms with Gasteiger partial charge in [0.1, 0.15) is 6.61 Å². The van der Waals surface area contributed by atoms with Gasteiger partial charge in [-0.05, 0) is 35.7 Å². The Balaban J connectivity index is 1.80. The Morgan fingerprint density at radius 2 is 1.81 bits per heavy atom. The third-order valence-corrected chi connectivity index (χ3v) is 4.82. The van der Waals surface area contributed by atoms with Crippen molar-refractivity contribution in [3.8, 4) is 0 Å². The number of allylic oxidation sites excluding steroid dienone is 1. The van der Waals surface area contributed by atoms with Gasteiger partial charge < -0.3 is 14.4 Å². The number of Topliss-reactive ketones (excluding diaryl/α,β-unsaturated/α-hetero) is 1. The lowest BCUT2D eigenvalue weighted by atomic mass is 10.0. The molecule has 0 spiro atoms. The van der Waals surface area contributed by atoms with Crippen molar-refractivity contribution in [3.05, 3.63) is 84.1 Å². The summed E-state index contributed by atoms with van der Waals surface area (Å²) in [6.07, 6.45) is -1.66. The van der Waals surface area contributed by atoms with Crippen molar-refractivity contribution in [1.29, 1.82) is 0 Å². The van der Waals surface area contributed by atoms with Gasteiger partial charge in [-0.1, -0.05) is 36.4 Å². The Kier molecular flexibility index (Phi) is 7.48. The quantitative estimate of drug-likeness (QED) is 0.245. The lowest BCUT2D eigenvalue weighted by Gasteiger charge is -2.18. The molecule has 1 aliphatic heterocycles. The predicted octanol–water partition coefficient (Wildman–Crippen LogP) is 4.58. The molecule has 0 atom stereocenters. The highest BCUT2D eigenvalue weighted by atomic mass is 19.4. The van der Waals surface area contributed by atoms with Crippen LogP contribution in [-0.4, -0.2) is 44.3 Å². The van der Waals surface area contributed by atoms with Crippen LogP contribution in [0.15, 0.2) is 67.4 Å². The van der Waals surface area contributed by atoms with Crippen LogP contribution in [0.25, 0.3) is 5.57 Å². The van der Waals surface area contributed by atoms with Crippen molar-refractivity contribution in [2.75, 3.05) is 31.3 Å². The number of esters is 1. The van der Waals surface area contributed by atoms with Crippen molar-refractivity contribution < 1.29 is 32.2 Å². The maximum absolute atomic E-state index is 13.2. The molecular formula is C24H22F3NO4. The van der Waals surface area contributed by atoms with Crippen LogP contribution in [0.1, 0.15) is 21.5 Å². The fourth-order valence-corrected chi connectivity index (χ4v) is 3.32. The number of halogens is 3. The molecule has 2 aromatic rings. The van der Waals surface area contributed by atoms with E-state index in [2.05, 4.69) is 6.58 Å². The van der Waals surface area contributed by atoms with Gasteiger partial charge >= 0.3 is 12.1 Å².